The molecule has 6 heteroatoms. The molecule has 1 rings (SSSR count). The predicted molar refractivity (Wildman–Crippen MR) is 58.0 cm³/mol. The van der Waals surface area contributed by atoms with Crippen molar-refractivity contribution < 1.29 is 18.0 Å². The van der Waals surface area contributed by atoms with Gasteiger partial charge in [-0.1, -0.05) is 13.8 Å². The van der Waals surface area contributed by atoms with Crippen molar-refractivity contribution in [2.45, 2.75) is 19.9 Å². The van der Waals surface area contributed by atoms with E-state index in [0.717, 1.165) is 0 Å². The Morgan fingerprint density at radius 1 is 1.28 bits per heavy atom. The molecule has 0 saturated heterocycles. The van der Waals surface area contributed by atoms with Crippen molar-refractivity contribution in [2.75, 3.05) is 0 Å². The summed E-state index contributed by atoms with van der Waals surface area (Å²) in [6.07, 6.45) is 0. The van der Waals surface area contributed by atoms with Gasteiger partial charge < -0.3 is 5.32 Å². The third-order valence-electron chi connectivity index (χ3n) is 2.34. The van der Waals surface area contributed by atoms with Crippen molar-refractivity contribution in [2.24, 2.45) is 5.92 Å². The van der Waals surface area contributed by atoms with Crippen molar-refractivity contribution in [1.29, 1.82) is 5.26 Å². The van der Waals surface area contributed by atoms with Crippen LogP contribution in [0.2, 0.25) is 0 Å². The number of nitriles is 1. The molecule has 0 aliphatic rings. The molecule has 1 N–H and O–H groups in total. The molecular weight excluding hydrogens is 245 g/mol. The second kappa shape index (κ2) is 5.54. The number of nitrogens with one attached hydrogen (secondary N) is 1. The first kappa shape index (κ1) is 14.0. The number of hydrogen-bond donors (Lipinski definition) is 1. The third-order valence-corrected chi connectivity index (χ3v) is 2.34. The highest BCUT2D eigenvalue weighted by atomic mass is 19.2. The van der Waals surface area contributed by atoms with E-state index in [0.29, 0.717) is 12.1 Å². The van der Waals surface area contributed by atoms with Gasteiger partial charge in [0.25, 0.3) is 5.91 Å². The molecule has 3 nitrogen and oxygen atoms in total. The summed E-state index contributed by atoms with van der Waals surface area (Å²) in [4.78, 5) is 11.6. The SMILES string of the molecule is CC(C)C(C#N)NC(=O)c1cc(F)c(F)c(F)c1. The molecule has 96 valence electrons. The first-order valence-corrected chi connectivity index (χ1v) is 5.21. The van der Waals surface area contributed by atoms with E-state index in [1.165, 1.54) is 0 Å². The average Bonchev–Trinajstić information content (AvgIpc) is 2.31. The molecule has 1 aromatic rings. The summed E-state index contributed by atoms with van der Waals surface area (Å²) in [6, 6.07) is 2.24. The Labute approximate surface area is 102 Å². The Hall–Kier alpha value is -2.03. The van der Waals surface area contributed by atoms with E-state index in [1.807, 2.05) is 6.07 Å². The lowest BCUT2D eigenvalue weighted by molar-refractivity contribution is 0.0936. The molecule has 1 aromatic carbocycles. The molecule has 1 unspecified atom stereocenters. The smallest absolute Gasteiger partial charge is 0.252 e. The van der Waals surface area contributed by atoms with E-state index in [9.17, 15) is 18.0 Å². The number of hydrogen-bond acceptors (Lipinski definition) is 2. The Balaban J connectivity index is 2.96. The predicted octanol–water partition coefficient (Wildman–Crippen LogP) is 2.38. The largest absolute Gasteiger partial charge is 0.336 e. The van der Waals surface area contributed by atoms with E-state index in [4.69, 9.17) is 5.26 Å². The highest BCUT2D eigenvalue weighted by Gasteiger charge is 2.19. The van der Waals surface area contributed by atoms with Crippen molar-refractivity contribution in [3.8, 4) is 6.07 Å². The fourth-order valence-corrected chi connectivity index (χ4v) is 1.26. The van der Waals surface area contributed by atoms with Gasteiger partial charge in [0, 0.05) is 5.56 Å². The third kappa shape index (κ3) is 3.00. The van der Waals surface area contributed by atoms with Gasteiger partial charge in [0.15, 0.2) is 17.5 Å². The minimum atomic E-state index is -1.63. The lowest BCUT2D eigenvalue weighted by atomic mass is 10.1. The maximum Gasteiger partial charge on any atom is 0.252 e. The maximum absolute atomic E-state index is 12.9. The number of nitrogens with zero attached hydrogens (tertiary/aromatic N) is 1. The number of halogens is 3. The molecule has 0 radical (unpaired) electrons. The second-order valence-corrected chi connectivity index (χ2v) is 4.08. The van der Waals surface area contributed by atoms with Crippen LogP contribution in [0.5, 0.6) is 0 Å². The monoisotopic (exact) mass is 256 g/mol. The topological polar surface area (TPSA) is 52.9 Å². The first-order chi connectivity index (χ1) is 8.36. The van der Waals surface area contributed by atoms with Gasteiger partial charge in [-0.2, -0.15) is 5.26 Å². The summed E-state index contributed by atoms with van der Waals surface area (Å²) in [5.41, 5.74) is -0.368. The normalized spacial score (nSPS) is 12.1. The van der Waals surface area contributed by atoms with Crippen LogP contribution in [0.25, 0.3) is 0 Å². The molecule has 0 aliphatic heterocycles. The zero-order valence-corrected chi connectivity index (χ0v) is 9.80. The second-order valence-electron chi connectivity index (χ2n) is 4.08. The van der Waals surface area contributed by atoms with Gasteiger partial charge >= 0.3 is 0 Å². The van der Waals surface area contributed by atoms with Gasteiger partial charge in [0.05, 0.1) is 6.07 Å². The maximum atomic E-state index is 12.9. The molecule has 0 aromatic heterocycles. The quantitative estimate of drug-likeness (QED) is 0.844. The summed E-state index contributed by atoms with van der Waals surface area (Å²) in [6.45, 7) is 3.42. The summed E-state index contributed by atoms with van der Waals surface area (Å²) in [5, 5.41) is 11.1. The van der Waals surface area contributed by atoms with Crippen LogP contribution in [-0.2, 0) is 0 Å². The minimum absolute atomic E-state index is 0.158. The van der Waals surface area contributed by atoms with Gasteiger partial charge in [0.2, 0.25) is 0 Å². The van der Waals surface area contributed by atoms with E-state index >= 15 is 0 Å². The summed E-state index contributed by atoms with van der Waals surface area (Å²) >= 11 is 0. The standard InChI is InChI=1S/C12H11F3N2O/c1-6(2)10(5-16)17-12(18)7-3-8(13)11(15)9(14)4-7/h3-4,6,10H,1-2H3,(H,17,18). The number of rotatable bonds is 3. The van der Waals surface area contributed by atoms with E-state index in [2.05, 4.69) is 5.32 Å². The molecule has 18 heavy (non-hydrogen) atoms. The van der Waals surface area contributed by atoms with Crippen molar-refractivity contribution in [3.63, 3.8) is 0 Å². The molecule has 0 bridgehead atoms. The highest BCUT2D eigenvalue weighted by molar-refractivity contribution is 5.94. The van der Waals surface area contributed by atoms with Crippen LogP contribution in [0.4, 0.5) is 13.2 Å². The highest BCUT2D eigenvalue weighted by Crippen LogP contribution is 2.14. The Kier molecular flexibility index (Phi) is 4.32. The van der Waals surface area contributed by atoms with Gasteiger partial charge in [-0.3, -0.25) is 4.79 Å². The Morgan fingerprint density at radius 3 is 2.17 bits per heavy atom. The first-order valence-electron chi connectivity index (χ1n) is 5.21. The van der Waals surface area contributed by atoms with Crippen LogP contribution in [0, 0.1) is 34.7 Å². The summed E-state index contributed by atoms with van der Waals surface area (Å²) in [5.74, 6) is -5.51. The van der Waals surface area contributed by atoms with E-state index in [1.54, 1.807) is 13.8 Å². The zero-order chi connectivity index (χ0) is 13.9. The van der Waals surface area contributed by atoms with Crippen LogP contribution in [0.1, 0.15) is 24.2 Å². The van der Waals surface area contributed by atoms with Crippen LogP contribution in [0.3, 0.4) is 0 Å². The van der Waals surface area contributed by atoms with Gasteiger partial charge in [0.1, 0.15) is 6.04 Å². The summed E-state index contributed by atoms with van der Waals surface area (Å²) in [7, 11) is 0. The minimum Gasteiger partial charge on any atom is -0.336 e. The number of amides is 1. The Bertz CT molecular complexity index is 486. The van der Waals surface area contributed by atoms with Gasteiger partial charge in [-0.25, -0.2) is 13.2 Å². The van der Waals surface area contributed by atoms with Gasteiger partial charge in [-0.05, 0) is 18.1 Å². The van der Waals surface area contributed by atoms with Crippen molar-refractivity contribution >= 4 is 5.91 Å². The van der Waals surface area contributed by atoms with E-state index in [-0.39, 0.29) is 11.5 Å². The summed E-state index contributed by atoms with van der Waals surface area (Å²) < 4.78 is 38.5. The lowest BCUT2D eigenvalue weighted by Gasteiger charge is -2.14. The van der Waals surface area contributed by atoms with Crippen molar-refractivity contribution in [1.82, 2.24) is 5.32 Å². The van der Waals surface area contributed by atoms with E-state index < -0.39 is 29.4 Å². The molecule has 0 heterocycles. The van der Waals surface area contributed by atoms with Crippen LogP contribution < -0.4 is 5.32 Å². The number of carbonyl (C=O) groups excluding carboxylic acids is 1. The average molecular weight is 256 g/mol. The molecule has 0 spiro atoms. The molecule has 1 atom stereocenters. The van der Waals surface area contributed by atoms with Gasteiger partial charge in [-0.15, -0.1) is 0 Å². The molecule has 0 fully saturated rings. The molecule has 1 amide bonds. The molecule has 0 aliphatic carbocycles. The van der Waals surface area contributed by atoms with Crippen LogP contribution in [0.15, 0.2) is 12.1 Å². The fourth-order valence-electron chi connectivity index (χ4n) is 1.26. The fraction of sp³-hybridized carbons (Fsp3) is 0.333. The number of benzene rings is 1. The Morgan fingerprint density at radius 2 is 1.78 bits per heavy atom. The van der Waals surface area contributed by atoms with Crippen molar-refractivity contribution in [3.05, 3.63) is 35.1 Å². The van der Waals surface area contributed by atoms with Crippen LogP contribution >= 0.6 is 0 Å². The van der Waals surface area contributed by atoms with Crippen LogP contribution in [-0.4, -0.2) is 11.9 Å². The lowest BCUT2D eigenvalue weighted by Crippen LogP contribution is -2.37. The molecule has 0 saturated carbocycles. The number of carbonyl (C=O) groups is 1. The molecular formula is C12H11F3N2O. The zero-order valence-electron chi connectivity index (χ0n) is 9.80.